The van der Waals surface area contributed by atoms with Crippen LogP contribution in [-0.4, -0.2) is 56.6 Å². The quantitative estimate of drug-likeness (QED) is 0.808. The van der Waals surface area contributed by atoms with Crippen molar-refractivity contribution in [2.45, 2.75) is 20.3 Å². The summed E-state index contributed by atoms with van der Waals surface area (Å²) in [7, 11) is 2.51. The van der Waals surface area contributed by atoms with Gasteiger partial charge in [-0.3, -0.25) is 9.69 Å². The topological polar surface area (TPSA) is 84.9 Å². The number of rotatable bonds is 5. The number of ether oxygens (including phenoxy) is 2. The molecular formula is C19H26N2O5. The maximum Gasteiger partial charge on any atom is 0.337 e. The summed E-state index contributed by atoms with van der Waals surface area (Å²) in [6.45, 7) is 6.40. The number of carbonyl (C=O) groups is 3. The zero-order chi connectivity index (χ0) is 19.3. The van der Waals surface area contributed by atoms with Crippen molar-refractivity contribution in [2.24, 2.45) is 11.8 Å². The molecule has 142 valence electrons. The lowest BCUT2D eigenvalue weighted by Crippen LogP contribution is -2.42. The van der Waals surface area contributed by atoms with E-state index in [4.69, 9.17) is 9.47 Å². The molecule has 1 heterocycles. The van der Waals surface area contributed by atoms with Crippen LogP contribution in [0.3, 0.4) is 0 Å². The molecule has 1 aromatic rings. The van der Waals surface area contributed by atoms with Gasteiger partial charge in [0.25, 0.3) is 0 Å². The van der Waals surface area contributed by atoms with Gasteiger partial charge in [0.05, 0.1) is 31.9 Å². The summed E-state index contributed by atoms with van der Waals surface area (Å²) in [5.74, 6) is -0.265. The fourth-order valence-electron chi connectivity index (χ4n) is 3.50. The van der Waals surface area contributed by atoms with Crippen molar-refractivity contribution in [3.63, 3.8) is 0 Å². The zero-order valence-electron chi connectivity index (χ0n) is 15.7. The third kappa shape index (κ3) is 5.29. The van der Waals surface area contributed by atoms with Gasteiger partial charge in [-0.25, -0.2) is 9.59 Å². The number of benzene rings is 1. The van der Waals surface area contributed by atoms with Gasteiger partial charge in [-0.2, -0.15) is 0 Å². The van der Waals surface area contributed by atoms with Crippen molar-refractivity contribution in [3.8, 4) is 0 Å². The van der Waals surface area contributed by atoms with E-state index >= 15 is 0 Å². The Morgan fingerprint density at radius 1 is 1.00 bits per heavy atom. The normalized spacial score (nSPS) is 20.3. The Labute approximate surface area is 153 Å². The molecule has 1 fully saturated rings. The molecule has 0 aliphatic carbocycles. The minimum absolute atomic E-state index is 0.172. The maximum absolute atomic E-state index is 12.4. The van der Waals surface area contributed by atoms with Gasteiger partial charge >= 0.3 is 11.9 Å². The number of amides is 1. The van der Waals surface area contributed by atoms with Crippen molar-refractivity contribution < 1.29 is 23.9 Å². The minimum atomic E-state index is -0.593. The van der Waals surface area contributed by atoms with Crippen LogP contribution in [0.25, 0.3) is 0 Å². The summed E-state index contributed by atoms with van der Waals surface area (Å²) in [5.41, 5.74) is 0.702. The molecule has 0 aromatic heterocycles. The average molecular weight is 362 g/mol. The second kappa shape index (κ2) is 8.80. The lowest BCUT2D eigenvalue weighted by molar-refractivity contribution is -0.117. The van der Waals surface area contributed by atoms with Crippen molar-refractivity contribution >= 4 is 23.5 Å². The van der Waals surface area contributed by atoms with Crippen molar-refractivity contribution in [1.29, 1.82) is 0 Å². The monoisotopic (exact) mass is 362 g/mol. The number of hydrogen-bond acceptors (Lipinski definition) is 6. The summed E-state index contributed by atoms with van der Waals surface area (Å²) in [4.78, 5) is 38.2. The first-order valence-corrected chi connectivity index (χ1v) is 8.66. The second-order valence-electron chi connectivity index (χ2n) is 6.97. The average Bonchev–Trinajstić information content (AvgIpc) is 2.58. The van der Waals surface area contributed by atoms with Crippen LogP contribution >= 0.6 is 0 Å². The first-order valence-electron chi connectivity index (χ1n) is 8.66. The molecule has 0 saturated carbocycles. The molecule has 0 radical (unpaired) electrons. The number of carbonyl (C=O) groups excluding carboxylic acids is 3. The lowest BCUT2D eigenvalue weighted by Gasteiger charge is -2.34. The molecular weight excluding hydrogens is 336 g/mol. The maximum atomic E-state index is 12.4. The van der Waals surface area contributed by atoms with Gasteiger partial charge in [0.15, 0.2) is 0 Å². The molecule has 2 unspecified atom stereocenters. The van der Waals surface area contributed by atoms with Crippen LogP contribution in [0.5, 0.6) is 0 Å². The van der Waals surface area contributed by atoms with Crippen LogP contribution < -0.4 is 5.32 Å². The molecule has 0 bridgehead atoms. The predicted octanol–water partition coefficient (Wildman–Crippen LogP) is 2.18. The molecule has 2 atom stereocenters. The van der Waals surface area contributed by atoms with Crippen LogP contribution in [0.4, 0.5) is 5.69 Å². The fraction of sp³-hybridized carbons (Fsp3) is 0.526. The standard InChI is InChI=1S/C19H26N2O5/c1-12-5-13(2)10-21(9-12)11-17(22)20-16-7-14(18(23)25-3)6-15(8-16)19(24)26-4/h6-8,12-13H,5,9-11H2,1-4H3,(H,20,22). The first kappa shape index (κ1) is 19.9. The number of hydrogen-bond donors (Lipinski definition) is 1. The highest BCUT2D eigenvalue weighted by atomic mass is 16.5. The zero-order valence-corrected chi connectivity index (χ0v) is 15.7. The number of nitrogens with one attached hydrogen (secondary N) is 1. The van der Waals surface area contributed by atoms with Gasteiger partial charge in [-0.15, -0.1) is 0 Å². The molecule has 1 aromatic carbocycles. The van der Waals surface area contributed by atoms with Crippen molar-refractivity contribution in [3.05, 3.63) is 29.3 Å². The smallest absolute Gasteiger partial charge is 0.337 e. The lowest BCUT2D eigenvalue weighted by atomic mass is 9.92. The molecule has 7 heteroatoms. The molecule has 1 aliphatic heterocycles. The van der Waals surface area contributed by atoms with Crippen LogP contribution in [-0.2, 0) is 14.3 Å². The van der Waals surface area contributed by atoms with Crippen molar-refractivity contribution in [2.75, 3.05) is 39.2 Å². The summed E-state index contributed by atoms with van der Waals surface area (Å²) in [5, 5.41) is 2.76. The van der Waals surface area contributed by atoms with E-state index in [0.29, 0.717) is 17.5 Å². The summed E-state index contributed by atoms with van der Waals surface area (Å²) in [6.07, 6.45) is 1.17. The molecule has 1 saturated heterocycles. The van der Waals surface area contributed by atoms with Gasteiger partial charge in [0.1, 0.15) is 0 Å². The van der Waals surface area contributed by atoms with Crippen molar-refractivity contribution in [1.82, 2.24) is 4.90 Å². The number of nitrogens with zero attached hydrogens (tertiary/aromatic N) is 1. The van der Waals surface area contributed by atoms with E-state index < -0.39 is 11.9 Å². The molecule has 1 amide bonds. The van der Waals surface area contributed by atoms with Gasteiger partial charge in [0, 0.05) is 18.8 Å². The number of esters is 2. The Morgan fingerprint density at radius 2 is 1.50 bits per heavy atom. The third-order valence-corrected chi connectivity index (χ3v) is 4.37. The fourth-order valence-corrected chi connectivity index (χ4v) is 3.50. The summed E-state index contributed by atoms with van der Waals surface area (Å²) in [6, 6.07) is 4.34. The predicted molar refractivity (Wildman–Crippen MR) is 97.1 cm³/mol. The number of piperidine rings is 1. The van der Waals surface area contributed by atoms with Gasteiger partial charge < -0.3 is 14.8 Å². The Kier molecular flexibility index (Phi) is 6.74. The molecule has 2 rings (SSSR count). The number of methoxy groups -OCH3 is 2. The molecule has 0 spiro atoms. The SMILES string of the molecule is COC(=O)c1cc(NC(=O)CN2CC(C)CC(C)C2)cc(C(=O)OC)c1. The van der Waals surface area contributed by atoms with Crippen LogP contribution in [0.1, 0.15) is 41.0 Å². The molecule has 1 aliphatic rings. The van der Waals surface area contributed by atoms with Gasteiger partial charge in [-0.05, 0) is 36.5 Å². The van der Waals surface area contributed by atoms with E-state index in [9.17, 15) is 14.4 Å². The number of anilines is 1. The highest BCUT2D eigenvalue weighted by molar-refractivity contribution is 5.99. The van der Waals surface area contributed by atoms with Crippen LogP contribution in [0.2, 0.25) is 0 Å². The molecule has 7 nitrogen and oxygen atoms in total. The van der Waals surface area contributed by atoms with Gasteiger partial charge in [-0.1, -0.05) is 13.8 Å². The van der Waals surface area contributed by atoms with Crippen LogP contribution in [0, 0.1) is 11.8 Å². The Hall–Kier alpha value is -2.41. The minimum Gasteiger partial charge on any atom is -0.465 e. The highest BCUT2D eigenvalue weighted by Gasteiger charge is 2.23. The Bertz CT molecular complexity index is 644. The van der Waals surface area contributed by atoms with E-state index in [1.807, 2.05) is 0 Å². The van der Waals surface area contributed by atoms with Gasteiger partial charge in [0.2, 0.25) is 5.91 Å². The van der Waals surface area contributed by atoms with Crippen LogP contribution in [0.15, 0.2) is 18.2 Å². The first-order chi connectivity index (χ1) is 12.3. The van der Waals surface area contributed by atoms with E-state index in [1.165, 1.54) is 38.8 Å². The van der Waals surface area contributed by atoms with E-state index in [1.54, 1.807) is 0 Å². The molecule has 1 N–H and O–H groups in total. The second-order valence-corrected chi connectivity index (χ2v) is 6.97. The summed E-state index contributed by atoms with van der Waals surface area (Å²) < 4.78 is 9.40. The van der Waals surface area contributed by atoms with E-state index in [2.05, 4.69) is 24.1 Å². The van der Waals surface area contributed by atoms with E-state index in [-0.39, 0.29) is 23.6 Å². The van der Waals surface area contributed by atoms with E-state index in [0.717, 1.165) is 13.1 Å². The number of likely N-dealkylation sites (tertiary alicyclic amines) is 1. The summed E-state index contributed by atoms with van der Waals surface area (Å²) >= 11 is 0. The third-order valence-electron chi connectivity index (χ3n) is 4.37. The highest BCUT2D eigenvalue weighted by Crippen LogP contribution is 2.21. The largest absolute Gasteiger partial charge is 0.465 e. The molecule has 26 heavy (non-hydrogen) atoms. The Morgan fingerprint density at radius 3 is 1.96 bits per heavy atom. The Balaban J connectivity index is 2.12.